The first kappa shape index (κ1) is 208. The number of hydrogen-bond donors (Lipinski definition) is 0. The molecule has 9 heteroatoms. The SMILES string of the molecule is Cl.O.O.O.O.O.O.[H-].[H-].[H-].[K+].[Mg+2]. The van der Waals surface area contributed by atoms with E-state index in [1.807, 2.05) is 0 Å². The topological polar surface area (TPSA) is 189 Å². The number of halogens is 1. The summed E-state index contributed by atoms with van der Waals surface area (Å²) in [5.41, 5.74) is 0. The Labute approximate surface area is 122 Å². The van der Waals surface area contributed by atoms with E-state index in [1.54, 1.807) is 0 Å². The van der Waals surface area contributed by atoms with E-state index in [1.165, 1.54) is 0 Å². The standard InChI is InChI=1S/ClH.K.Mg.6H2O.3H/h1H;;;6*1H2;;;/q;+1;+2;;;;;;;3*-1. The van der Waals surface area contributed by atoms with Gasteiger partial charge in [0.25, 0.3) is 0 Å². The van der Waals surface area contributed by atoms with Gasteiger partial charge >= 0.3 is 74.4 Å². The summed E-state index contributed by atoms with van der Waals surface area (Å²) in [4.78, 5) is 0. The Bertz CT molecular complexity index is 22.8. The minimum Gasteiger partial charge on any atom is -1.00 e. The molecule has 0 aliphatic heterocycles. The average Bonchev–Trinajstić information content (AvgIpc) is 0. The molecule has 0 aliphatic carbocycles. The molecular formula is H16ClKMgO6. The van der Waals surface area contributed by atoms with Crippen LogP contribution in [0, 0.1) is 0 Å². The molecule has 0 unspecified atom stereocenters. The van der Waals surface area contributed by atoms with Crippen LogP contribution in [0.25, 0.3) is 0 Å². The number of hydrogen-bond acceptors (Lipinski definition) is 0. The molecule has 12 N–H and O–H groups in total. The van der Waals surface area contributed by atoms with Crippen molar-refractivity contribution in [2.75, 3.05) is 0 Å². The van der Waals surface area contributed by atoms with Crippen LogP contribution in [0.4, 0.5) is 0 Å². The normalized spacial score (nSPS) is 0. The zero-order valence-electron chi connectivity index (χ0n) is 8.12. The molecule has 0 fully saturated rings. The van der Waals surface area contributed by atoms with Crippen molar-refractivity contribution in [3.05, 3.63) is 0 Å². The Morgan fingerprint density at radius 1 is 0.556 bits per heavy atom. The average molecular weight is 211 g/mol. The molecule has 0 aliphatic rings. The Morgan fingerprint density at radius 2 is 0.556 bits per heavy atom. The summed E-state index contributed by atoms with van der Waals surface area (Å²) in [6, 6.07) is 0. The Balaban J connectivity index is 0. The molecule has 62 valence electrons. The van der Waals surface area contributed by atoms with Gasteiger partial charge in [-0.2, -0.15) is 0 Å². The van der Waals surface area contributed by atoms with Gasteiger partial charge in [0.15, 0.2) is 0 Å². The van der Waals surface area contributed by atoms with Gasteiger partial charge in [-0.25, -0.2) is 0 Å². The van der Waals surface area contributed by atoms with Crippen LogP contribution >= 0.6 is 12.4 Å². The fourth-order valence-electron chi connectivity index (χ4n) is 0. The van der Waals surface area contributed by atoms with Crippen molar-refractivity contribution < 1.29 is 88.5 Å². The number of rotatable bonds is 0. The van der Waals surface area contributed by atoms with E-state index in [0.717, 1.165) is 0 Å². The molecule has 0 aromatic heterocycles. The van der Waals surface area contributed by atoms with Gasteiger partial charge < -0.3 is 37.1 Å². The molecule has 0 atom stereocenters. The van der Waals surface area contributed by atoms with Crippen LogP contribution in [0.1, 0.15) is 4.28 Å². The summed E-state index contributed by atoms with van der Waals surface area (Å²) in [5.74, 6) is 0. The first-order valence-electron chi connectivity index (χ1n) is 0. The minimum absolute atomic E-state index is 0. The van der Waals surface area contributed by atoms with Crippen LogP contribution in [0.5, 0.6) is 0 Å². The zero-order chi connectivity index (χ0) is 0. The molecule has 0 aromatic rings. The maximum atomic E-state index is 0. The molecule has 9 heavy (non-hydrogen) atoms. The molecule has 0 rings (SSSR count). The molecule has 0 aromatic carbocycles. The van der Waals surface area contributed by atoms with E-state index < -0.39 is 0 Å². The molecule has 0 bridgehead atoms. The van der Waals surface area contributed by atoms with Gasteiger partial charge in [0.1, 0.15) is 0 Å². The van der Waals surface area contributed by atoms with Crippen molar-refractivity contribution in [3.8, 4) is 0 Å². The van der Waals surface area contributed by atoms with Crippen LogP contribution in [0.2, 0.25) is 0 Å². The summed E-state index contributed by atoms with van der Waals surface area (Å²) >= 11 is 0. The molecule has 0 saturated heterocycles. The second-order valence-electron chi connectivity index (χ2n) is 0. The molecule has 0 spiro atoms. The second-order valence-corrected chi connectivity index (χ2v) is 0. The molecule has 0 amide bonds. The van der Waals surface area contributed by atoms with Gasteiger partial charge in [-0.3, -0.25) is 0 Å². The van der Waals surface area contributed by atoms with Crippen molar-refractivity contribution in [2.45, 2.75) is 0 Å². The smallest absolute Gasteiger partial charge is 1.00 e. The van der Waals surface area contributed by atoms with Crippen molar-refractivity contribution >= 4 is 35.5 Å². The van der Waals surface area contributed by atoms with Crippen LogP contribution < -0.4 is 51.4 Å². The van der Waals surface area contributed by atoms with Gasteiger partial charge in [-0.1, -0.05) is 0 Å². The minimum atomic E-state index is 0. The third kappa shape index (κ3) is 124. The molecule has 0 radical (unpaired) electrons. The molecule has 6 nitrogen and oxygen atoms in total. The van der Waals surface area contributed by atoms with E-state index in [0.29, 0.717) is 0 Å². The van der Waals surface area contributed by atoms with Crippen molar-refractivity contribution in [1.82, 2.24) is 0 Å². The Morgan fingerprint density at radius 3 is 0.556 bits per heavy atom. The van der Waals surface area contributed by atoms with Gasteiger partial charge in [0, 0.05) is 0 Å². The van der Waals surface area contributed by atoms with E-state index >= 15 is 0 Å². The summed E-state index contributed by atoms with van der Waals surface area (Å²) in [7, 11) is 0. The molecule has 0 saturated carbocycles. The summed E-state index contributed by atoms with van der Waals surface area (Å²) in [6.07, 6.45) is 0. The predicted molar refractivity (Wildman–Crippen MR) is 38.0 cm³/mol. The fraction of sp³-hybridized carbons (Fsp3) is 0. The van der Waals surface area contributed by atoms with E-state index in [9.17, 15) is 0 Å². The quantitative estimate of drug-likeness (QED) is 0.344. The van der Waals surface area contributed by atoms with Gasteiger partial charge in [-0.15, -0.1) is 12.4 Å². The van der Waals surface area contributed by atoms with Gasteiger partial charge in [-0.05, 0) is 0 Å². The van der Waals surface area contributed by atoms with Crippen LogP contribution in [0.15, 0.2) is 0 Å². The molecule has 0 heterocycles. The van der Waals surface area contributed by atoms with E-state index in [2.05, 4.69) is 0 Å². The predicted octanol–water partition coefficient (Wildman–Crippen LogP) is -7.57. The van der Waals surface area contributed by atoms with Crippen LogP contribution in [-0.4, -0.2) is 55.9 Å². The second kappa shape index (κ2) is 155. The first-order valence-corrected chi connectivity index (χ1v) is 0. The van der Waals surface area contributed by atoms with Crippen molar-refractivity contribution in [1.29, 1.82) is 0 Å². The Hall–Kier alpha value is 2.45. The third-order valence-electron chi connectivity index (χ3n) is 0. The zero-order valence-corrected chi connectivity index (χ0v) is 10.5. The first-order chi connectivity index (χ1) is 0. The van der Waals surface area contributed by atoms with Crippen LogP contribution in [-0.2, 0) is 0 Å². The summed E-state index contributed by atoms with van der Waals surface area (Å²) in [6.45, 7) is 0. The van der Waals surface area contributed by atoms with Crippen molar-refractivity contribution in [3.63, 3.8) is 0 Å². The van der Waals surface area contributed by atoms with E-state index in [4.69, 9.17) is 0 Å². The maximum Gasteiger partial charge on any atom is 2.00 e. The maximum absolute atomic E-state index is 0. The monoisotopic (exact) mass is 210 g/mol. The Kier molecular flexibility index (Phi) is 3590. The van der Waals surface area contributed by atoms with E-state index in [-0.39, 0.29) is 124 Å². The van der Waals surface area contributed by atoms with Gasteiger partial charge in [0.05, 0.1) is 0 Å². The molecular weight excluding hydrogens is 195 g/mol. The van der Waals surface area contributed by atoms with Crippen molar-refractivity contribution in [2.24, 2.45) is 0 Å². The summed E-state index contributed by atoms with van der Waals surface area (Å²) in [5, 5.41) is 0. The summed E-state index contributed by atoms with van der Waals surface area (Å²) < 4.78 is 0. The van der Waals surface area contributed by atoms with Gasteiger partial charge in [0.2, 0.25) is 0 Å². The van der Waals surface area contributed by atoms with Crippen LogP contribution in [0.3, 0.4) is 0 Å². The third-order valence-corrected chi connectivity index (χ3v) is 0. The largest absolute Gasteiger partial charge is 2.00 e. The fourth-order valence-corrected chi connectivity index (χ4v) is 0.